The Bertz CT molecular complexity index is 929. The first-order chi connectivity index (χ1) is 14.8. The summed E-state index contributed by atoms with van der Waals surface area (Å²) in [6, 6.07) is 25.2. The van der Waals surface area contributed by atoms with Gasteiger partial charge in [0.2, 0.25) is 0 Å². The molecule has 3 aromatic carbocycles. The van der Waals surface area contributed by atoms with E-state index in [2.05, 4.69) is 76.2 Å². The van der Waals surface area contributed by atoms with Crippen molar-refractivity contribution in [2.24, 2.45) is 11.8 Å². The van der Waals surface area contributed by atoms with Crippen LogP contribution in [0.4, 0.5) is 0 Å². The molecule has 0 fully saturated rings. The van der Waals surface area contributed by atoms with Gasteiger partial charge in [-0.1, -0.05) is 88.4 Å². The molecule has 2 heteroatoms. The molecule has 2 nitrogen and oxygen atoms in total. The maximum absolute atomic E-state index is 11.4. The Labute approximate surface area is 187 Å². The third kappa shape index (κ3) is 6.55. The Morgan fingerprint density at radius 2 is 1.16 bits per heavy atom. The van der Waals surface area contributed by atoms with Crippen LogP contribution in [0.2, 0.25) is 0 Å². The van der Waals surface area contributed by atoms with E-state index in [0.29, 0.717) is 17.4 Å². The molecule has 0 saturated heterocycles. The summed E-state index contributed by atoms with van der Waals surface area (Å²) in [5.74, 6) is 0.572. The molecule has 3 rings (SSSR count). The molecule has 0 unspecified atom stereocenters. The van der Waals surface area contributed by atoms with E-state index in [9.17, 15) is 9.90 Å². The SMILES string of the molecule is CC(C)Cc1ccc(C(Cc2cccc(C(=O)O)c2)c2ccc(CC(C)C)cc2)cc1. The molecule has 0 radical (unpaired) electrons. The molecule has 0 aliphatic rings. The Hall–Kier alpha value is -2.87. The van der Waals surface area contributed by atoms with Crippen LogP contribution >= 0.6 is 0 Å². The molecule has 3 aromatic rings. The lowest BCUT2D eigenvalue weighted by Crippen LogP contribution is -2.07. The highest BCUT2D eigenvalue weighted by Gasteiger charge is 2.17. The zero-order chi connectivity index (χ0) is 22.4. The smallest absolute Gasteiger partial charge is 0.335 e. The summed E-state index contributed by atoms with van der Waals surface area (Å²) in [6.07, 6.45) is 2.93. The average Bonchev–Trinajstić information content (AvgIpc) is 2.73. The van der Waals surface area contributed by atoms with Gasteiger partial charge in [0.1, 0.15) is 0 Å². The summed E-state index contributed by atoms with van der Waals surface area (Å²) in [5, 5.41) is 9.38. The van der Waals surface area contributed by atoms with Crippen molar-refractivity contribution in [3.8, 4) is 0 Å². The van der Waals surface area contributed by atoms with Gasteiger partial charge in [-0.05, 0) is 71.0 Å². The minimum Gasteiger partial charge on any atom is -0.478 e. The normalized spacial score (nSPS) is 11.5. The molecule has 0 aliphatic heterocycles. The molecule has 0 saturated carbocycles. The predicted octanol–water partition coefficient (Wildman–Crippen LogP) is 7.16. The fraction of sp³-hybridized carbons (Fsp3) is 0.345. The van der Waals surface area contributed by atoms with Gasteiger partial charge >= 0.3 is 5.97 Å². The largest absolute Gasteiger partial charge is 0.478 e. The van der Waals surface area contributed by atoms with Gasteiger partial charge in [0.05, 0.1) is 5.56 Å². The van der Waals surface area contributed by atoms with Crippen LogP contribution in [0.25, 0.3) is 0 Å². The van der Waals surface area contributed by atoms with Gasteiger partial charge in [-0.3, -0.25) is 0 Å². The fourth-order valence-electron chi connectivity index (χ4n) is 4.21. The number of aromatic carboxylic acids is 1. The van der Waals surface area contributed by atoms with Crippen LogP contribution in [0.5, 0.6) is 0 Å². The van der Waals surface area contributed by atoms with E-state index < -0.39 is 5.97 Å². The van der Waals surface area contributed by atoms with Crippen molar-refractivity contribution in [2.75, 3.05) is 0 Å². The average molecular weight is 415 g/mol. The summed E-state index contributed by atoms with van der Waals surface area (Å²) in [7, 11) is 0. The van der Waals surface area contributed by atoms with Gasteiger partial charge < -0.3 is 5.11 Å². The standard InChI is InChI=1S/C29H34O2/c1-20(2)16-22-8-12-25(13-9-22)28(19-24-6-5-7-27(18-24)29(30)31)26-14-10-23(11-15-26)17-21(3)4/h5-15,18,20-21,28H,16-17,19H2,1-4H3,(H,30,31). The van der Waals surface area contributed by atoms with E-state index in [1.807, 2.05) is 12.1 Å². The summed E-state index contributed by atoms with van der Waals surface area (Å²) < 4.78 is 0. The molecule has 0 atom stereocenters. The van der Waals surface area contributed by atoms with Crippen LogP contribution in [0.15, 0.2) is 72.8 Å². The number of hydrogen-bond donors (Lipinski definition) is 1. The van der Waals surface area contributed by atoms with Crippen LogP contribution in [0.3, 0.4) is 0 Å². The van der Waals surface area contributed by atoms with Gasteiger partial charge in [-0.25, -0.2) is 4.79 Å². The first kappa shape index (κ1) is 22.8. The van der Waals surface area contributed by atoms with Crippen molar-refractivity contribution in [3.05, 3.63) is 106 Å². The maximum Gasteiger partial charge on any atom is 0.335 e. The summed E-state index contributed by atoms with van der Waals surface area (Å²) in [4.78, 5) is 11.4. The predicted molar refractivity (Wildman–Crippen MR) is 129 cm³/mol. The second-order valence-electron chi connectivity index (χ2n) is 9.44. The molecular weight excluding hydrogens is 380 g/mol. The van der Waals surface area contributed by atoms with Gasteiger partial charge in [0.15, 0.2) is 0 Å². The highest BCUT2D eigenvalue weighted by molar-refractivity contribution is 5.87. The van der Waals surface area contributed by atoms with Crippen molar-refractivity contribution in [2.45, 2.75) is 52.9 Å². The van der Waals surface area contributed by atoms with Gasteiger partial charge in [0.25, 0.3) is 0 Å². The molecule has 0 amide bonds. The Morgan fingerprint density at radius 3 is 1.58 bits per heavy atom. The first-order valence-electron chi connectivity index (χ1n) is 11.3. The van der Waals surface area contributed by atoms with Gasteiger partial charge in [0, 0.05) is 5.92 Å². The maximum atomic E-state index is 11.4. The topological polar surface area (TPSA) is 37.3 Å². The zero-order valence-electron chi connectivity index (χ0n) is 19.1. The molecule has 0 aliphatic carbocycles. The van der Waals surface area contributed by atoms with E-state index in [0.717, 1.165) is 24.8 Å². The van der Waals surface area contributed by atoms with Crippen molar-refractivity contribution >= 4 is 5.97 Å². The van der Waals surface area contributed by atoms with Crippen LogP contribution in [0, 0.1) is 11.8 Å². The molecule has 1 N–H and O–H groups in total. The number of carboxylic acids is 1. The van der Waals surface area contributed by atoms with Gasteiger partial charge in [-0.2, -0.15) is 0 Å². The number of carbonyl (C=O) groups is 1. The minimum atomic E-state index is -0.880. The Kier molecular flexibility index (Phi) is 7.68. The fourth-order valence-corrected chi connectivity index (χ4v) is 4.21. The van der Waals surface area contributed by atoms with Crippen LogP contribution in [-0.4, -0.2) is 11.1 Å². The molecule has 162 valence electrons. The van der Waals surface area contributed by atoms with Crippen molar-refractivity contribution in [3.63, 3.8) is 0 Å². The van der Waals surface area contributed by atoms with Crippen LogP contribution in [0.1, 0.15) is 71.8 Å². The quantitative estimate of drug-likeness (QED) is 0.403. The molecular formula is C29H34O2. The molecule has 0 heterocycles. The summed E-state index contributed by atoms with van der Waals surface area (Å²) in [5.41, 5.74) is 6.64. The first-order valence-corrected chi connectivity index (χ1v) is 11.3. The Balaban J connectivity index is 1.93. The molecule has 0 aromatic heterocycles. The highest BCUT2D eigenvalue weighted by Crippen LogP contribution is 2.30. The number of hydrogen-bond acceptors (Lipinski definition) is 1. The lowest BCUT2D eigenvalue weighted by Gasteiger charge is -2.20. The third-order valence-electron chi connectivity index (χ3n) is 5.67. The van der Waals surface area contributed by atoms with Crippen molar-refractivity contribution < 1.29 is 9.90 Å². The minimum absolute atomic E-state index is 0.185. The second-order valence-corrected chi connectivity index (χ2v) is 9.44. The van der Waals surface area contributed by atoms with Crippen LogP contribution < -0.4 is 0 Å². The van der Waals surface area contributed by atoms with Crippen molar-refractivity contribution in [1.82, 2.24) is 0 Å². The monoisotopic (exact) mass is 414 g/mol. The molecule has 31 heavy (non-hydrogen) atoms. The Morgan fingerprint density at radius 1 is 0.677 bits per heavy atom. The van der Waals surface area contributed by atoms with Crippen molar-refractivity contribution in [1.29, 1.82) is 0 Å². The number of rotatable bonds is 9. The van der Waals surface area contributed by atoms with E-state index >= 15 is 0 Å². The lowest BCUT2D eigenvalue weighted by molar-refractivity contribution is 0.0696. The molecule has 0 spiro atoms. The third-order valence-corrected chi connectivity index (χ3v) is 5.67. The van der Waals surface area contributed by atoms with E-state index in [-0.39, 0.29) is 5.92 Å². The lowest BCUT2D eigenvalue weighted by atomic mass is 9.84. The van der Waals surface area contributed by atoms with Gasteiger partial charge in [-0.15, -0.1) is 0 Å². The van der Waals surface area contributed by atoms with E-state index in [1.54, 1.807) is 12.1 Å². The molecule has 0 bridgehead atoms. The summed E-state index contributed by atoms with van der Waals surface area (Å²) >= 11 is 0. The zero-order valence-corrected chi connectivity index (χ0v) is 19.1. The number of benzene rings is 3. The van der Waals surface area contributed by atoms with E-state index in [1.165, 1.54) is 22.3 Å². The second kappa shape index (κ2) is 10.4. The highest BCUT2D eigenvalue weighted by atomic mass is 16.4. The van der Waals surface area contributed by atoms with E-state index in [4.69, 9.17) is 0 Å². The summed E-state index contributed by atoms with van der Waals surface area (Å²) in [6.45, 7) is 8.96. The number of carboxylic acid groups (broad SMARTS) is 1. The van der Waals surface area contributed by atoms with Crippen LogP contribution in [-0.2, 0) is 19.3 Å².